The molecule has 0 radical (unpaired) electrons. The first-order chi connectivity index (χ1) is 68.7. The van der Waals surface area contributed by atoms with Gasteiger partial charge in [-0.3, -0.25) is 4.79 Å². The average molecular weight is 2000 g/mol. The maximum Gasteiger partial charge on any atom is 0.348 e. The van der Waals surface area contributed by atoms with Gasteiger partial charge in [-0.1, -0.05) is 316 Å². The molecule has 794 valence electrons. The number of ether oxygens (including phenoxy) is 10. The Hall–Kier alpha value is -10.9. The summed E-state index contributed by atoms with van der Waals surface area (Å²) in [5, 5.41) is 37.9. The molecule has 10 aromatic carbocycles. The fourth-order valence-electron chi connectivity index (χ4n) is 13.4. The molecular formula is C127H184O16S. The highest BCUT2D eigenvalue weighted by atomic mass is 32.1. The molecule has 14 atom stereocenters. The fraction of sp³-hybridized carbons (Fsp3) is 0.480. The lowest BCUT2D eigenvalue weighted by molar-refractivity contribution is -0.159. The quantitative estimate of drug-likeness (QED) is 0.0160. The monoisotopic (exact) mass is 2000 g/mol. The van der Waals surface area contributed by atoms with Crippen LogP contribution in [0.3, 0.4) is 0 Å². The Morgan fingerprint density at radius 3 is 0.806 bits per heavy atom. The summed E-state index contributed by atoms with van der Waals surface area (Å²) in [7, 11) is 0. The highest BCUT2D eigenvalue weighted by molar-refractivity contribution is 7.12. The predicted octanol–water partition coefficient (Wildman–Crippen LogP) is 35.8. The van der Waals surface area contributed by atoms with E-state index in [-0.39, 0.29) is 48.9 Å². The van der Waals surface area contributed by atoms with Crippen LogP contribution >= 0.6 is 11.3 Å². The number of thiophene rings is 1. The number of aromatic hydroxyl groups is 4. The second kappa shape index (κ2) is 74.9. The number of carbonyl (C=O) groups excluding carboxylic acids is 2. The molecule has 4 N–H and O–H groups in total. The van der Waals surface area contributed by atoms with Crippen molar-refractivity contribution in [2.24, 2.45) is 11.8 Å². The van der Waals surface area contributed by atoms with Crippen molar-refractivity contribution in [3.63, 3.8) is 0 Å². The van der Waals surface area contributed by atoms with Gasteiger partial charge in [-0.2, -0.15) is 0 Å². The summed E-state index contributed by atoms with van der Waals surface area (Å²) >= 11 is 1.36. The first-order valence-corrected chi connectivity index (χ1v) is 53.8. The first-order valence-electron chi connectivity index (χ1n) is 52.9. The van der Waals surface area contributed by atoms with Crippen LogP contribution in [0.2, 0.25) is 0 Å². The molecule has 11 aromatic rings. The van der Waals surface area contributed by atoms with E-state index in [4.69, 9.17) is 67.8 Å². The van der Waals surface area contributed by atoms with Gasteiger partial charge in [-0.25, -0.2) is 4.79 Å². The Morgan fingerprint density at radius 1 is 0.285 bits per heavy atom. The van der Waals surface area contributed by atoms with Crippen molar-refractivity contribution in [1.82, 2.24) is 0 Å². The third-order valence-electron chi connectivity index (χ3n) is 25.1. The van der Waals surface area contributed by atoms with Crippen LogP contribution in [0.25, 0.3) is 0 Å². The minimum atomic E-state index is -0.403. The normalized spacial score (nSPS) is 13.6. The molecule has 144 heavy (non-hydrogen) atoms. The van der Waals surface area contributed by atoms with E-state index in [9.17, 15) is 9.59 Å². The Morgan fingerprint density at radius 2 is 0.549 bits per heavy atom. The van der Waals surface area contributed by atoms with Gasteiger partial charge in [0, 0.05) is 19.1 Å². The summed E-state index contributed by atoms with van der Waals surface area (Å²) in [5.41, 5.74) is 12.8. The lowest BCUT2D eigenvalue weighted by atomic mass is 9.99. The largest absolute Gasteiger partial charge is 0.508 e. The lowest BCUT2D eigenvalue weighted by Gasteiger charge is -2.22. The van der Waals surface area contributed by atoms with Crippen molar-refractivity contribution >= 4 is 23.3 Å². The van der Waals surface area contributed by atoms with Gasteiger partial charge >= 0.3 is 11.9 Å². The molecule has 0 aliphatic rings. The number of hydrogen-bond acceptors (Lipinski definition) is 17. The molecule has 1 aromatic heterocycles. The van der Waals surface area contributed by atoms with E-state index in [0.717, 1.165) is 86.3 Å². The molecule has 0 aliphatic carbocycles. The van der Waals surface area contributed by atoms with Crippen LogP contribution in [-0.4, -0.2) is 89.6 Å². The van der Waals surface area contributed by atoms with Gasteiger partial charge in [0.1, 0.15) is 63.1 Å². The second-order valence-corrected chi connectivity index (χ2v) is 39.1. The Kier molecular flexibility index (Phi) is 67.2. The average Bonchev–Trinajstić information content (AvgIpc) is 1.10. The third kappa shape index (κ3) is 56.0. The van der Waals surface area contributed by atoms with Crippen LogP contribution < -0.4 is 18.9 Å². The van der Waals surface area contributed by atoms with Crippen molar-refractivity contribution < 1.29 is 77.4 Å². The third-order valence-corrected chi connectivity index (χ3v) is 26.0. The van der Waals surface area contributed by atoms with Crippen molar-refractivity contribution in [1.29, 1.82) is 0 Å². The SMILES string of the molecule is CCC(C)C(=O)OC(C)(C)C.CCC(C)c1ccc(O)cc1.CCC(C)c1ccc(O)cc1.CCC(C)c1ccc(O)cc1.CCC(C)c1ccc(O)cc1.CCC(C)c1ccc(OC(C)OCCOC(=O)c2cccs2)cc1.CCC(C)c1ccc(OC(C)OCc2ccccc2)cc1.CCC(C)c1ccccc1.CCOC(C)Oc1ccc(C(C)CC)cc1.CCOC(Oc1ccc(C(C)CC)cc1)C(C)C. The molecule has 0 saturated heterocycles. The van der Waals surface area contributed by atoms with E-state index in [2.05, 4.69) is 217 Å². The summed E-state index contributed by atoms with van der Waals surface area (Å²) in [4.78, 5) is 23.4. The van der Waals surface area contributed by atoms with E-state index < -0.39 is 6.29 Å². The van der Waals surface area contributed by atoms with E-state index in [1.54, 1.807) is 54.6 Å². The highest BCUT2D eigenvalue weighted by Gasteiger charge is 2.21. The van der Waals surface area contributed by atoms with Gasteiger partial charge < -0.3 is 67.8 Å². The molecule has 14 unspecified atom stereocenters. The molecule has 0 spiro atoms. The topological polar surface area (TPSA) is 207 Å². The fourth-order valence-corrected chi connectivity index (χ4v) is 14.0. The van der Waals surface area contributed by atoms with Gasteiger partial charge in [0.2, 0.25) is 6.29 Å². The maximum absolute atomic E-state index is 11.7. The Balaban J connectivity index is 0.000000549. The summed E-state index contributed by atoms with van der Waals surface area (Å²) in [6.07, 6.45) is 10.2. The van der Waals surface area contributed by atoms with Crippen LogP contribution in [0.4, 0.5) is 0 Å². The summed E-state index contributed by atoms with van der Waals surface area (Å²) in [6.45, 7) is 65.3. The van der Waals surface area contributed by atoms with Crippen molar-refractivity contribution in [3.8, 4) is 46.0 Å². The van der Waals surface area contributed by atoms with Gasteiger partial charge in [-0.15, -0.1) is 11.3 Å². The number of phenolic OH excluding ortho intramolecular Hbond substituents is 4. The van der Waals surface area contributed by atoms with Crippen LogP contribution in [0, 0.1) is 11.8 Å². The summed E-state index contributed by atoms with van der Waals surface area (Å²) < 4.78 is 55.4. The number of esters is 2. The zero-order valence-corrected chi connectivity index (χ0v) is 94.2. The van der Waals surface area contributed by atoms with Gasteiger partial charge in [-0.05, 0) is 337 Å². The number of rotatable bonds is 41. The van der Waals surface area contributed by atoms with E-state index in [0.29, 0.717) is 113 Å². The van der Waals surface area contributed by atoms with Crippen molar-refractivity contribution in [3.05, 3.63) is 333 Å². The number of carbonyl (C=O) groups is 2. The van der Waals surface area contributed by atoms with E-state index in [1.807, 2.05) is 208 Å². The van der Waals surface area contributed by atoms with Crippen molar-refractivity contribution in [2.45, 2.75) is 363 Å². The zero-order chi connectivity index (χ0) is 107. The molecular weight excluding hydrogens is 1810 g/mol. The molecule has 1 heterocycles. The van der Waals surface area contributed by atoms with Gasteiger partial charge in [0.05, 0.1) is 19.1 Å². The van der Waals surface area contributed by atoms with E-state index in [1.165, 1.54) is 67.8 Å². The number of phenols is 4. The molecule has 0 aliphatic heterocycles. The van der Waals surface area contributed by atoms with Crippen LogP contribution in [0.5, 0.6) is 46.0 Å². The Labute approximate surface area is 874 Å². The van der Waals surface area contributed by atoms with Crippen LogP contribution in [0.15, 0.2) is 272 Å². The molecule has 0 fully saturated rings. The molecule has 0 amide bonds. The number of benzene rings is 10. The van der Waals surface area contributed by atoms with Crippen molar-refractivity contribution in [2.75, 3.05) is 26.4 Å². The summed E-state index contributed by atoms with van der Waals surface area (Å²) in [5.74, 6) is 10.1. The molecule has 11 rings (SSSR count). The van der Waals surface area contributed by atoms with E-state index >= 15 is 0 Å². The van der Waals surface area contributed by atoms with Gasteiger partial charge in [0.15, 0.2) is 18.9 Å². The smallest absolute Gasteiger partial charge is 0.348 e. The predicted molar refractivity (Wildman–Crippen MR) is 603 cm³/mol. The van der Waals surface area contributed by atoms with Crippen LogP contribution in [-0.2, 0) is 39.8 Å². The number of hydrogen-bond donors (Lipinski definition) is 4. The second-order valence-electron chi connectivity index (χ2n) is 38.2. The molecule has 0 saturated carbocycles. The maximum atomic E-state index is 11.7. The Bertz CT molecular complexity index is 4750. The molecule has 17 heteroatoms. The lowest BCUT2D eigenvalue weighted by Crippen LogP contribution is -2.27. The summed E-state index contributed by atoms with van der Waals surface area (Å²) in [6, 6.07) is 87.0. The highest BCUT2D eigenvalue weighted by Crippen LogP contribution is 2.31. The standard InChI is InChI=1S/C19H24O4S.C19H24O2.C16H26O2.C14H22O2.4C10H14O.C10H14.C9H18O2/c1-4-14(2)16-7-9-17(10-8-16)23-15(3)21-11-12-22-19(20)18-6-5-13-24-18;1-4-15(2)18-10-12-19(13-11-18)21-16(3)20-14-17-8-6-5-7-9-17;1-6-13(5)14-8-10-15(11-9-14)18-16(12(3)4)17-7-2;1-5-11(3)13-7-9-14(10-8-13)16-12(4)15-6-2;4*1-3-8(2)9-4-6-10(11)7-5-9;1-3-9(2)10-7-5-4-6-8-10;1-6-7(2)8(10)11-9(3,4)5/h5-10,13-15H,4,11-12H2,1-3H3;5-13,15-16H,4,14H2,1-3H3;8-13,16H,6-7H2,1-5H3;7-12H,5-6H2,1-4H3;4*4-8,11H,3H2,1-2H3;4-9H,3H2,1-2H3;7H,6H2,1-5H3. The molecule has 16 nitrogen and oxygen atoms in total. The minimum absolute atomic E-state index is 0.0224. The minimum Gasteiger partial charge on any atom is -0.508 e. The molecule has 0 bridgehead atoms. The zero-order valence-electron chi connectivity index (χ0n) is 93.3. The van der Waals surface area contributed by atoms with Gasteiger partial charge in [0.25, 0.3) is 0 Å². The van der Waals surface area contributed by atoms with Crippen LogP contribution in [0.1, 0.15) is 390 Å². The first kappa shape index (κ1) is 129.